The smallest absolute Gasteiger partial charge is 0.0794 e. The van der Waals surface area contributed by atoms with Crippen LogP contribution in [0.2, 0.25) is 0 Å². The van der Waals surface area contributed by atoms with Gasteiger partial charge in [0.25, 0.3) is 0 Å². The zero-order valence-electron chi connectivity index (χ0n) is 8.76. The first-order chi connectivity index (χ1) is 7.34. The predicted molar refractivity (Wildman–Crippen MR) is 60.0 cm³/mol. The van der Waals surface area contributed by atoms with Crippen LogP contribution in [-0.4, -0.2) is 28.9 Å². The fourth-order valence-corrected chi connectivity index (χ4v) is 2.59. The second-order valence-corrected chi connectivity index (χ2v) is 5.01. The van der Waals surface area contributed by atoms with Crippen LogP contribution >= 0.6 is 11.3 Å². The van der Waals surface area contributed by atoms with Crippen molar-refractivity contribution >= 4 is 11.3 Å². The van der Waals surface area contributed by atoms with Gasteiger partial charge in [-0.2, -0.15) is 0 Å². The van der Waals surface area contributed by atoms with E-state index in [1.807, 2.05) is 11.7 Å². The first-order valence-corrected chi connectivity index (χ1v) is 6.39. The summed E-state index contributed by atoms with van der Waals surface area (Å²) in [5.41, 5.74) is 1.81. The van der Waals surface area contributed by atoms with Gasteiger partial charge in [0.05, 0.1) is 17.7 Å². The van der Waals surface area contributed by atoms with Gasteiger partial charge in [0.2, 0.25) is 0 Å². The molecule has 1 aliphatic rings. The first-order valence-electron chi connectivity index (χ1n) is 5.51. The average Bonchev–Trinajstić information content (AvgIpc) is 2.86. The zero-order valence-corrected chi connectivity index (χ0v) is 9.58. The maximum atomic E-state index is 9.80. The number of aromatic nitrogens is 1. The number of hydrogen-bond acceptors (Lipinski definition) is 4. The van der Waals surface area contributed by atoms with Crippen LogP contribution in [0.15, 0.2) is 11.7 Å². The molecule has 1 fully saturated rings. The molecule has 2 rings (SSSR count). The summed E-state index contributed by atoms with van der Waals surface area (Å²) in [6.07, 6.45) is 6.87. The molecule has 0 aliphatic carbocycles. The van der Waals surface area contributed by atoms with Crippen molar-refractivity contribution in [2.75, 3.05) is 6.61 Å². The molecule has 4 heteroatoms. The summed E-state index contributed by atoms with van der Waals surface area (Å²) in [5.74, 6) is 0. The number of nitrogens with zero attached hydrogens (tertiary/aromatic N) is 1. The van der Waals surface area contributed by atoms with Crippen LogP contribution < -0.4 is 0 Å². The van der Waals surface area contributed by atoms with Crippen LogP contribution in [0.3, 0.4) is 0 Å². The van der Waals surface area contributed by atoms with Gasteiger partial charge in [-0.25, -0.2) is 0 Å². The van der Waals surface area contributed by atoms with E-state index in [0.29, 0.717) is 6.10 Å². The highest BCUT2D eigenvalue weighted by molar-refractivity contribution is 7.09. The third-order valence-corrected chi connectivity index (χ3v) is 3.57. The molecule has 2 unspecified atom stereocenters. The minimum atomic E-state index is -0.241. The average molecular weight is 227 g/mol. The van der Waals surface area contributed by atoms with E-state index in [1.54, 1.807) is 11.3 Å². The summed E-state index contributed by atoms with van der Waals surface area (Å²) in [6, 6.07) is 0. The normalized spacial score (nSPS) is 23.1. The van der Waals surface area contributed by atoms with Crippen LogP contribution in [-0.2, 0) is 11.2 Å². The number of aliphatic hydroxyl groups excluding tert-OH is 1. The van der Waals surface area contributed by atoms with Crippen molar-refractivity contribution in [2.45, 2.75) is 44.3 Å². The fraction of sp³-hybridized carbons (Fsp3) is 0.727. The van der Waals surface area contributed by atoms with Gasteiger partial charge < -0.3 is 9.84 Å². The molecule has 0 radical (unpaired) electrons. The summed E-state index contributed by atoms with van der Waals surface area (Å²) >= 11 is 1.61. The van der Waals surface area contributed by atoms with Gasteiger partial charge in [-0.15, -0.1) is 11.3 Å². The highest BCUT2D eigenvalue weighted by Gasteiger charge is 2.17. The van der Waals surface area contributed by atoms with Gasteiger partial charge >= 0.3 is 0 Å². The third kappa shape index (κ3) is 3.55. The Labute approximate surface area is 94.1 Å². The van der Waals surface area contributed by atoms with Gasteiger partial charge in [0.1, 0.15) is 0 Å². The van der Waals surface area contributed by atoms with E-state index in [2.05, 4.69) is 4.98 Å². The van der Waals surface area contributed by atoms with Gasteiger partial charge in [-0.05, 0) is 25.7 Å². The second-order valence-electron chi connectivity index (χ2n) is 4.04. The quantitative estimate of drug-likeness (QED) is 0.836. The number of aliphatic hydroxyl groups is 1. The SMILES string of the molecule is OC(CCC1CCCO1)Cc1cncs1. The summed E-state index contributed by atoms with van der Waals surface area (Å²) in [6.45, 7) is 0.898. The van der Waals surface area contributed by atoms with Crippen molar-refractivity contribution < 1.29 is 9.84 Å². The van der Waals surface area contributed by atoms with Crippen molar-refractivity contribution in [3.63, 3.8) is 0 Å². The lowest BCUT2D eigenvalue weighted by Gasteiger charge is -2.12. The maximum absolute atomic E-state index is 9.80. The molecule has 0 saturated carbocycles. The molecule has 0 amide bonds. The van der Waals surface area contributed by atoms with Crippen molar-refractivity contribution in [1.29, 1.82) is 0 Å². The Morgan fingerprint density at radius 3 is 3.27 bits per heavy atom. The van der Waals surface area contributed by atoms with Crippen LogP contribution in [0, 0.1) is 0 Å². The van der Waals surface area contributed by atoms with Gasteiger partial charge in [-0.3, -0.25) is 4.98 Å². The standard InChI is InChI=1S/C11H17NO2S/c13-9(6-11-7-12-8-15-11)3-4-10-2-1-5-14-10/h7-10,13H,1-6H2. The number of ether oxygens (including phenoxy) is 1. The Bertz CT molecular complexity index is 270. The number of hydrogen-bond donors (Lipinski definition) is 1. The Kier molecular flexibility index (Phi) is 4.11. The minimum absolute atomic E-state index is 0.241. The van der Waals surface area contributed by atoms with Crippen LogP contribution in [0.5, 0.6) is 0 Å². The number of rotatable bonds is 5. The van der Waals surface area contributed by atoms with E-state index in [9.17, 15) is 5.11 Å². The Balaban J connectivity index is 1.66. The molecule has 15 heavy (non-hydrogen) atoms. The van der Waals surface area contributed by atoms with Crippen LogP contribution in [0.4, 0.5) is 0 Å². The fourth-order valence-electron chi connectivity index (χ4n) is 1.93. The summed E-state index contributed by atoms with van der Waals surface area (Å²) < 4.78 is 5.52. The Hall–Kier alpha value is -0.450. The predicted octanol–water partition coefficient (Wildman–Crippen LogP) is 2.01. The third-order valence-electron chi connectivity index (χ3n) is 2.77. The van der Waals surface area contributed by atoms with Gasteiger partial charge in [-0.1, -0.05) is 0 Å². The van der Waals surface area contributed by atoms with E-state index < -0.39 is 0 Å². The van der Waals surface area contributed by atoms with E-state index in [0.717, 1.165) is 37.2 Å². The van der Waals surface area contributed by atoms with Crippen LogP contribution in [0.25, 0.3) is 0 Å². The molecule has 1 aromatic rings. The lowest BCUT2D eigenvalue weighted by atomic mass is 10.1. The summed E-state index contributed by atoms with van der Waals surface area (Å²) in [4.78, 5) is 5.16. The van der Waals surface area contributed by atoms with Crippen molar-refractivity contribution in [2.24, 2.45) is 0 Å². The minimum Gasteiger partial charge on any atom is -0.393 e. The summed E-state index contributed by atoms with van der Waals surface area (Å²) in [5, 5.41) is 9.80. The first kappa shape index (κ1) is 11.0. The molecule has 1 saturated heterocycles. The lowest BCUT2D eigenvalue weighted by Crippen LogP contribution is -2.14. The second kappa shape index (κ2) is 5.58. The Morgan fingerprint density at radius 1 is 1.67 bits per heavy atom. The molecule has 1 N–H and O–H groups in total. The lowest BCUT2D eigenvalue weighted by molar-refractivity contribution is 0.0815. The van der Waals surface area contributed by atoms with Gasteiger partial charge in [0, 0.05) is 24.1 Å². The monoisotopic (exact) mass is 227 g/mol. The molecular formula is C11H17NO2S. The van der Waals surface area contributed by atoms with Crippen molar-refractivity contribution in [1.82, 2.24) is 4.98 Å². The highest BCUT2D eigenvalue weighted by Crippen LogP contribution is 2.19. The molecule has 1 aromatic heterocycles. The molecule has 1 aliphatic heterocycles. The van der Waals surface area contributed by atoms with E-state index in [4.69, 9.17) is 4.74 Å². The molecule has 84 valence electrons. The van der Waals surface area contributed by atoms with Crippen molar-refractivity contribution in [3.05, 3.63) is 16.6 Å². The zero-order chi connectivity index (χ0) is 10.5. The molecule has 2 atom stereocenters. The highest BCUT2D eigenvalue weighted by atomic mass is 32.1. The number of thiazole rings is 1. The largest absolute Gasteiger partial charge is 0.393 e. The molecule has 0 bridgehead atoms. The molecule has 0 spiro atoms. The molecule has 0 aromatic carbocycles. The molecule has 3 nitrogen and oxygen atoms in total. The topological polar surface area (TPSA) is 42.4 Å². The molecular weight excluding hydrogens is 210 g/mol. The van der Waals surface area contributed by atoms with E-state index in [-0.39, 0.29) is 6.10 Å². The van der Waals surface area contributed by atoms with Crippen molar-refractivity contribution in [3.8, 4) is 0 Å². The van der Waals surface area contributed by atoms with Crippen LogP contribution in [0.1, 0.15) is 30.6 Å². The van der Waals surface area contributed by atoms with E-state index >= 15 is 0 Å². The van der Waals surface area contributed by atoms with E-state index in [1.165, 1.54) is 6.42 Å². The summed E-state index contributed by atoms with van der Waals surface area (Å²) in [7, 11) is 0. The maximum Gasteiger partial charge on any atom is 0.0794 e. The Morgan fingerprint density at radius 2 is 2.60 bits per heavy atom. The van der Waals surface area contributed by atoms with Gasteiger partial charge in [0.15, 0.2) is 0 Å². The molecule has 2 heterocycles.